The molecule has 0 bridgehead atoms. The van der Waals surface area contributed by atoms with E-state index in [9.17, 15) is 24.3 Å². The van der Waals surface area contributed by atoms with Gasteiger partial charge >= 0.3 is 11.7 Å². The van der Waals surface area contributed by atoms with Crippen molar-refractivity contribution in [3.8, 4) is 5.69 Å². The first-order valence-corrected chi connectivity index (χ1v) is 10.5. The van der Waals surface area contributed by atoms with Gasteiger partial charge in [-0.3, -0.25) is 9.59 Å². The smallest absolute Gasteiger partial charge is 0.335 e. The standard InChI is InChI=1S/C25H19N3O5/c29-22(27-11-5-7-15-6-1-4-10-21(15)27)16-12-17(24(31)32)14-18(13-16)28-23(30)19-8-2-3-9-20(19)26-25(28)33/h1-4,6,8-10,12-14H,5,7,11H2,(H,26,33)(H,31,32). The number of nitrogens with zero attached hydrogens (tertiary/aromatic N) is 2. The van der Waals surface area contributed by atoms with Gasteiger partial charge in [0.25, 0.3) is 11.5 Å². The average Bonchev–Trinajstić information content (AvgIpc) is 2.83. The monoisotopic (exact) mass is 441 g/mol. The third-order valence-electron chi connectivity index (χ3n) is 5.83. The zero-order valence-corrected chi connectivity index (χ0v) is 17.4. The van der Waals surface area contributed by atoms with Crippen molar-refractivity contribution >= 4 is 28.5 Å². The molecule has 0 saturated heterocycles. The van der Waals surface area contributed by atoms with Crippen LogP contribution in [0.5, 0.6) is 0 Å². The minimum absolute atomic E-state index is 0.0144. The molecule has 0 saturated carbocycles. The number of aromatic amines is 1. The Morgan fingerprint density at radius 3 is 2.45 bits per heavy atom. The number of aromatic carboxylic acids is 1. The molecule has 5 rings (SSSR count). The van der Waals surface area contributed by atoms with Crippen molar-refractivity contribution < 1.29 is 14.7 Å². The summed E-state index contributed by atoms with van der Waals surface area (Å²) in [6, 6.07) is 18.0. The van der Waals surface area contributed by atoms with E-state index >= 15 is 0 Å². The van der Waals surface area contributed by atoms with E-state index < -0.39 is 23.1 Å². The van der Waals surface area contributed by atoms with E-state index in [0.29, 0.717) is 12.1 Å². The molecule has 33 heavy (non-hydrogen) atoms. The summed E-state index contributed by atoms with van der Waals surface area (Å²) in [5.74, 6) is -1.66. The zero-order chi connectivity index (χ0) is 23.1. The molecule has 0 radical (unpaired) electrons. The molecule has 0 fully saturated rings. The summed E-state index contributed by atoms with van der Waals surface area (Å²) < 4.78 is 0.857. The molecule has 8 heteroatoms. The van der Waals surface area contributed by atoms with Gasteiger partial charge in [-0.1, -0.05) is 30.3 Å². The normalized spacial score (nSPS) is 13.0. The van der Waals surface area contributed by atoms with Gasteiger partial charge in [0, 0.05) is 17.8 Å². The fourth-order valence-corrected chi connectivity index (χ4v) is 4.28. The largest absolute Gasteiger partial charge is 0.478 e. The first-order chi connectivity index (χ1) is 15.9. The van der Waals surface area contributed by atoms with Gasteiger partial charge in [-0.05, 0) is 54.8 Å². The Hall–Kier alpha value is -4.46. The number of carbonyl (C=O) groups is 2. The van der Waals surface area contributed by atoms with Gasteiger partial charge in [-0.2, -0.15) is 0 Å². The number of benzene rings is 3. The van der Waals surface area contributed by atoms with Crippen molar-refractivity contribution in [3.63, 3.8) is 0 Å². The van der Waals surface area contributed by atoms with Crippen LogP contribution in [0.25, 0.3) is 16.6 Å². The maximum Gasteiger partial charge on any atom is 0.335 e. The Morgan fingerprint density at radius 2 is 1.64 bits per heavy atom. The lowest BCUT2D eigenvalue weighted by Crippen LogP contribution is -2.36. The van der Waals surface area contributed by atoms with Gasteiger partial charge in [-0.15, -0.1) is 0 Å². The Kier molecular flexibility index (Phi) is 4.90. The van der Waals surface area contributed by atoms with Crippen molar-refractivity contribution in [2.75, 3.05) is 11.4 Å². The minimum atomic E-state index is -1.27. The number of para-hydroxylation sites is 2. The zero-order valence-electron chi connectivity index (χ0n) is 17.4. The molecule has 2 N–H and O–H groups in total. The fourth-order valence-electron chi connectivity index (χ4n) is 4.28. The van der Waals surface area contributed by atoms with Crippen LogP contribution in [0.4, 0.5) is 5.69 Å². The molecule has 2 heterocycles. The number of amides is 1. The Balaban J connectivity index is 1.69. The van der Waals surface area contributed by atoms with Crippen LogP contribution < -0.4 is 16.1 Å². The first kappa shape index (κ1) is 20.4. The van der Waals surface area contributed by atoms with Gasteiger partial charge in [0.1, 0.15) is 0 Å². The lowest BCUT2D eigenvalue weighted by molar-refractivity contribution is 0.0697. The number of H-pyrrole nitrogens is 1. The molecular weight excluding hydrogens is 422 g/mol. The molecule has 1 amide bonds. The molecule has 0 unspecified atom stereocenters. The average molecular weight is 441 g/mol. The highest BCUT2D eigenvalue weighted by atomic mass is 16.4. The summed E-state index contributed by atoms with van der Waals surface area (Å²) in [7, 11) is 0. The molecule has 0 spiro atoms. The number of fused-ring (bicyclic) bond motifs is 2. The second kappa shape index (κ2) is 7.90. The number of rotatable bonds is 3. The van der Waals surface area contributed by atoms with Crippen LogP contribution in [-0.4, -0.2) is 33.1 Å². The maximum atomic E-state index is 13.5. The molecule has 1 aromatic heterocycles. The third kappa shape index (κ3) is 3.51. The van der Waals surface area contributed by atoms with E-state index in [1.54, 1.807) is 29.2 Å². The highest BCUT2D eigenvalue weighted by Crippen LogP contribution is 2.28. The third-order valence-corrected chi connectivity index (χ3v) is 5.83. The Bertz CT molecular complexity index is 1550. The molecule has 1 aliphatic rings. The van der Waals surface area contributed by atoms with E-state index in [0.717, 1.165) is 28.7 Å². The molecule has 0 atom stereocenters. The number of hydrogen-bond donors (Lipinski definition) is 2. The first-order valence-electron chi connectivity index (χ1n) is 10.5. The van der Waals surface area contributed by atoms with Crippen molar-refractivity contribution in [2.45, 2.75) is 12.8 Å². The highest BCUT2D eigenvalue weighted by Gasteiger charge is 2.25. The van der Waals surface area contributed by atoms with E-state index in [4.69, 9.17) is 0 Å². The molecule has 0 aliphatic carbocycles. The van der Waals surface area contributed by atoms with Crippen molar-refractivity contribution in [3.05, 3.63) is 104 Å². The van der Waals surface area contributed by atoms with E-state index in [-0.39, 0.29) is 22.2 Å². The lowest BCUT2D eigenvalue weighted by Gasteiger charge is -2.29. The number of nitrogens with one attached hydrogen (secondary N) is 1. The van der Waals surface area contributed by atoms with Crippen LogP contribution in [0.1, 0.15) is 32.7 Å². The number of carbonyl (C=O) groups excluding carboxylic acids is 1. The summed E-state index contributed by atoms with van der Waals surface area (Å²) >= 11 is 0. The van der Waals surface area contributed by atoms with Crippen LogP contribution in [0.15, 0.2) is 76.3 Å². The van der Waals surface area contributed by atoms with Crippen LogP contribution in [0.3, 0.4) is 0 Å². The number of aryl methyl sites for hydroxylation is 1. The number of hydrogen-bond acceptors (Lipinski definition) is 4. The molecule has 3 aromatic carbocycles. The second-order valence-corrected chi connectivity index (χ2v) is 7.88. The molecule has 8 nitrogen and oxygen atoms in total. The minimum Gasteiger partial charge on any atom is -0.478 e. The fraction of sp³-hybridized carbons (Fsp3) is 0.120. The van der Waals surface area contributed by atoms with E-state index in [2.05, 4.69) is 4.98 Å². The van der Waals surface area contributed by atoms with Crippen LogP contribution >= 0.6 is 0 Å². The highest BCUT2D eigenvalue weighted by molar-refractivity contribution is 6.08. The number of anilines is 1. The topological polar surface area (TPSA) is 112 Å². The second-order valence-electron chi connectivity index (χ2n) is 7.88. The van der Waals surface area contributed by atoms with Gasteiger partial charge in [0.2, 0.25) is 0 Å². The van der Waals surface area contributed by atoms with Crippen molar-refractivity contribution in [1.82, 2.24) is 9.55 Å². The SMILES string of the molecule is O=C(O)c1cc(C(=O)N2CCCc3ccccc32)cc(-n2c(=O)[nH]c3ccccc3c2=O)c1. The molecule has 164 valence electrons. The van der Waals surface area contributed by atoms with Crippen LogP contribution in [0, 0.1) is 0 Å². The quantitative estimate of drug-likeness (QED) is 0.508. The number of carboxylic acid groups (broad SMARTS) is 1. The summed E-state index contributed by atoms with van der Waals surface area (Å²) in [6.45, 7) is 0.485. The predicted molar refractivity (Wildman–Crippen MR) is 124 cm³/mol. The van der Waals surface area contributed by atoms with Crippen molar-refractivity contribution in [2.24, 2.45) is 0 Å². The molecular formula is C25H19N3O5. The van der Waals surface area contributed by atoms with Gasteiger partial charge in [0.15, 0.2) is 0 Å². The summed E-state index contributed by atoms with van der Waals surface area (Å²) in [5, 5.41) is 9.92. The van der Waals surface area contributed by atoms with Gasteiger partial charge in [0.05, 0.1) is 22.2 Å². The van der Waals surface area contributed by atoms with Gasteiger partial charge < -0.3 is 15.0 Å². The van der Waals surface area contributed by atoms with Crippen molar-refractivity contribution in [1.29, 1.82) is 0 Å². The number of aromatic nitrogens is 2. The molecule has 1 aliphatic heterocycles. The van der Waals surface area contributed by atoms with Crippen LogP contribution in [0.2, 0.25) is 0 Å². The summed E-state index contributed by atoms with van der Waals surface area (Å²) in [5.41, 5.74) is 0.772. The summed E-state index contributed by atoms with van der Waals surface area (Å²) in [6.07, 6.45) is 1.63. The number of carboxylic acids is 1. The van der Waals surface area contributed by atoms with Crippen LogP contribution in [-0.2, 0) is 6.42 Å². The predicted octanol–water partition coefficient (Wildman–Crippen LogP) is 2.97. The van der Waals surface area contributed by atoms with E-state index in [1.807, 2.05) is 24.3 Å². The van der Waals surface area contributed by atoms with Gasteiger partial charge in [-0.25, -0.2) is 14.2 Å². The Morgan fingerprint density at radius 1 is 0.909 bits per heavy atom. The Labute approximate surface area is 187 Å². The molecule has 4 aromatic rings. The maximum absolute atomic E-state index is 13.5. The summed E-state index contributed by atoms with van der Waals surface area (Å²) in [4.78, 5) is 55.3. The van der Waals surface area contributed by atoms with E-state index in [1.165, 1.54) is 18.2 Å². The lowest BCUT2D eigenvalue weighted by atomic mass is 10.00.